The Kier molecular flexibility index (Phi) is 5.79. The molecule has 0 radical (unpaired) electrons. The Morgan fingerprint density at radius 2 is 1.85 bits per heavy atom. The van der Waals surface area contributed by atoms with E-state index in [2.05, 4.69) is 10.6 Å². The molecule has 2 amide bonds. The third-order valence-electron chi connectivity index (χ3n) is 2.68. The summed E-state index contributed by atoms with van der Waals surface area (Å²) in [6, 6.07) is 6.14. The number of rotatable bonds is 6. The minimum absolute atomic E-state index is 0.0217. The second-order valence-electron chi connectivity index (χ2n) is 4.44. The Labute approximate surface area is 117 Å². The first kappa shape index (κ1) is 15.8. The zero-order chi connectivity index (χ0) is 15.1. The Hall–Kier alpha value is -2.28. The maximum atomic E-state index is 11.9. The van der Waals surface area contributed by atoms with Crippen molar-refractivity contribution in [1.82, 2.24) is 5.32 Å². The molecule has 4 N–H and O–H groups in total. The molecule has 110 valence electrons. The van der Waals surface area contributed by atoms with Gasteiger partial charge in [0.05, 0.1) is 0 Å². The van der Waals surface area contributed by atoms with E-state index in [9.17, 15) is 9.59 Å². The molecule has 20 heavy (non-hydrogen) atoms. The number of benzene rings is 1. The van der Waals surface area contributed by atoms with Crippen molar-refractivity contribution in [3.05, 3.63) is 24.3 Å². The van der Waals surface area contributed by atoms with Crippen LogP contribution in [-0.4, -0.2) is 49.0 Å². The van der Waals surface area contributed by atoms with Crippen molar-refractivity contribution < 1.29 is 19.8 Å². The average molecular weight is 281 g/mol. The van der Waals surface area contributed by atoms with Crippen LogP contribution >= 0.6 is 0 Å². The molecule has 1 aromatic carbocycles. The van der Waals surface area contributed by atoms with E-state index < -0.39 is 18.0 Å². The largest absolute Gasteiger partial charge is 0.465 e. The van der Waals surface area contributed by atoms with Crippen LogP contribution < -0.4 is 15.5 Å². The molecule has 0 aromatic heterocycles. The maximum absolute atomic E-state index is 11.9. The highest BCUT2D eigenvalue weighted by Crippen LogP contribution is 2.15. The fourth-order valence-electron chi connectivity index (χ4n) is 1.62. The molecule has 1 rings (SSSR count). The molecule has 0 unspecified atom stereocenters. The predicted octanol–water partition coefficient (Wildman–Crippen LogP) is 0.710. The number of hydrogen-bond acceptors (Lipinski definition) is 4. The van der Waals surface area contributed by atoms with E-state index in [1.54, 1.807) is 12.1 Å². The first-order valence-electron chi connectivity index (χ1n) is 6.12. The molecule has 0 saturated carbocycles. The minimum atomic E-state index is -1.30. The van der Waals surface area contributed by atoms with Crippen LogP contribution in [0.3, 0.4) is 0 Å². The number of amides is 2. The normalized spacial score (nSPS) is 11.6. The van der Waals surface area contributed by atoms with Crippen molar-refractivity contribution >= 4 is 23.4 Å². The standard InChI is InChI=1S/C13H19N3O4/c1-16(2)10-5-3-9(4-6-10)14-12(18)11(7-8-17)15-13(19)20/h3-6,11,15,17H,7-8H2,1-2H3,(H,14,18)(H,19,20)/t11-/m0/s1. The molecule has 0 saturated heterocycles. The SMILES string of the molecule is CN(C)c1ccc(NC(=O)[C@H](CCO)NC(=O)O)cc1. The number of nitrogens with zero attached hydrogens (tertiary/aromatic N) is 1. The summed E-state index contributed by atoms with van der Waals surface area (Å²) in [5.74, 6) is -0.501. The quantitative estimate of drug-likeness (QED) is 0.615. The summed E-state index contributed by atoms with van der Waals surface area (Å²) in [7, 11) is 3.81. The van der Waals surface area contributed by atoms with Gasteiger partial charge in [-0.15, -0.1) is 0 Å². The van der Waals surface area contributed by atoms with Crippen molar-refractivity contribution in [1.29, 1.82) is 0 Å². The van der Waals surface area contributed by atoms with Gasteiger partial charge >= 0.3 is 6.09 Å². The van der Waals surface area contributed by atoms with Crippen molar-refractivity contribution in [3.8, 4) is 0 Å². The summed E-state index contributed by atoms with van der Waals surface area (Å²) in [5, 5.41) is 22.2. The Bertz CT molecular complexity index is 459. The molecule has 7 heteroatoms. The van der Waals surface area contributed by atoms with Crippen molar-refractivity contribution in [3.63, 3.8) is 0 Å². The lowest BCUT2D eigenvalue weighted by atomic mass is 10.2. The van der Waals surface area contributed by atoms with Gasteiger partial charge in [-0.3, -0.25) is 4.79 Å². The van der Waals surface area contributed by atoms with Crippen LogP contribution in [0.5, 0.6) is 0 Å². The Morgan fingerprint density at radius 1 is 1.25 bits per heavy atom. The molecule has 0 spiro atoms. The van der Waals surface area contributed by atoms with Crippen LogP contribution in [0, 0.1) is 0 Å². The predicted molar refractivity (Wildman–Crippen MR) is 76.1 cm³/mol. The number of carbonyl (C=O) groups is 2. The van der Waals surface area contributed by atoms with Crippen LogP contribution in [0.4, 0.5) is 16.2 Å². The maximum Gasteiger partial charge on any atom is 0.405 e. The van der Waals surface area contributed by atoms with E-state index in [0.29, 0.717) is 5.69 Å². The molecule has 0 aliphatic heterocycles. The van der Waals surface area contributed by atoms with Crippen LogP contribution in [0.1, 0.15) is 6.42 Å². The smallest absolute Gasteiger partial charge is 0.405 e. The highest BCUT2D eigenvalue weighted by molar-refractivity contribution is 5.96. The van der Waals surface area contributed by atoms with Gasteiger partial charge in [-0.2, -0.15) is 0 Å². The number of carboxylic acid groups (broad SMARTS) is 1. The van der Waals surface area contributed by atoms with Gasteiger partial charge in [-0.1, -0.05) is 0 Å². The van der Waals surface area contributed by atoms with E-state index in [4.69, 9.17) is 10.2 Å². The van der Waals surface area contributed by atoms with E-state index >= 15 is 0 Å². The number of hydrogen-bond donors (Lipinski definition) is 4. The summed E-state index contributed by atoms with van der Waals surface area (Å²) in [6.45, 7) is -0.280. The van der Waals surface area contributed by atoms with Crippen LogP contribution in [0.15, 0.2) is 24.3 Å². The minimum Gasteiger partial charge on any atom is -0.465 e. The van der Waals surface area contributed by atoms with Gasteiger partial charge in [-0.05, 0) is 30.7 Å². The summed E-state index contributed by atoms with van der Waals surface area (Å²) in [4.78, 5) is 24.4. The van der Waals surface area contributed by atoms with Crippen molar-refractivity contribution in [2.45, 2.75) is 12.5 Å². The number of nitrogens with one attached hydrogen (secondary N) is 2. The topological polar surface area (TPSA) is 102 Å². The van der Waals surface area contributed by atoms with Gasteiger partial charge in [-0.25, -0.2) is 4.79 Å². The molecule has 0 heterocycles. The van der Waals surface area contributed by atoms with Crippen LogP contribution in [0.25, 0.3) is 0 Å². The van der Waals surface area contributed by atoms with Crippen LogP contribution in [-0.2, 0) is 4.79 Å². The summed E-state index contributed by atoms with van der Waals surface area (Å²) < 4.78 is 0. The zero-order valence-electron chi connectivity index (χ0n) is 11.5. The van der Waals surface area contributed by atoms with Gasteiger partial charge in [0, 0.05) is 32.1 Å². The molecule has 0 bridgehead atoms. The second kappa shape index (κ2) is 7.34. The lowest BCUT2D eigenvalue weighted by Gasteiger charge is -2.16. The van der Waals surface area contributed by atoms with Gasteiger partial charge in [0.2, 0.25) is 5.91 Å². The van der Waals surface area contributed by atoms with E-state index in [-0.39, 0.29) is 13.0 Å². The number of aliphatic hydroxyl groups excluding tert-OH is 1. The van der Waals surface area contributed by atoms with Crippen molar-refractivity contribution in [2.75, 3.05) is 30.9 Å². The summed E-state index contributed by atoms with van der Waals surface area (Å²) in [6.07, 6.45) is -1.28. The monoisotopic (exact) mass is 281 g/mol. The number of aliphatic hydroxyl groups is 1. The molecule has 0 aliphatic rings. The first-order valence-corrected chi connectivity index (χ1v) is 6.12. The first-order chi connectivity index (χ1) is 9.43. The molecule has 0 aliphatic carbocycles. The number of carbonyl (C=O) groups excluding carboxylic acids is 1. The molecular weight excluding hydrogens is 262 g/mol. The molecule has 1 atom stereocenters. The highest BCUT2D eigenvalue weighted by atomic mass is 16.4. The Morgan fingerprint density at radius 3 is 2.30 bits per heavy atom. The fraction of sp³-hybridized carbons (Fsp3) is 0.385. The lowest BCUT2D eigenvalue weighted by Crippen LogP contribution is -2.43. The van der Waals surface area contributed by atoms with E-state index in [0.717, 1.165) is 5.69 Å². The second-order valence-corrected chi connectivity index (χ2v) is 4.44. The third-order valence-corrected chi connectivity index (χ3v) is 2.68. The van der Waals surface area contributed by atoms with Crippen LogP contribution in [0.2, 0.25) is 0 Å². The Balaban J connectivity index is 2.69. The molecular formula is C13H19N3O4. The zero-order valence-corrected chi connectivity index (χ0v) is 11.5. The highest BCUT2D eigenvalue weighted by Gasteiger charge is 2.19. The summed E-state index contributed by atoms with van der Waals surface area (Å²) >= 11 is 0. The summed E-state index contributed by atoms with van der Waals surface area (Å²) in [5.41, 5.74) is 1.55. The van der Waals surface area contributed by atoms with Gasteiger partial charge in [0.1, 0.15) is 6.04 Å². The van der Waals surface area contributed by atoms with Gasteiger partial charge in [0.15, 0.2) is 0 Å². The van der Waals surface area contributed by atoms with Gasteiger partial charge < -0.3 is 25.7 Å². The molecule has 7 nitrogen and oxygen atoms in total. The third kappa shape index (κ3) is 4.77. The average Bonchev–Trinajstić information content (AvgIpc) is 2.38. The number of anilines is 2. The van der Waals surface area contributed by atoms with Crippen molar-refractivity contribution in [2.24, 2.45) is 0 Å². The van der Waals surface area contributed by atoms with E-state index in [1.807, 2.05) is 31.1 Å². The molecule has 0 fully saturated rings. The van der Waals surface area contributed by atoms with Gasteiger partial charge in [0.25, 0.3) is 0 Å². The lowest BCUT2D eigenvalue weighted by molar-refractivity contribution is -0.118. The fourth-order valence-corrected chi connectivity index (χ4v) is 1.62. The van der Waals surface area contributed by atoms with E-state index in [1.165, 1.54) is 0 Å². The molecule has 1 aromatic rings.